The fourth-order valence-electron chi connectivity index (χ4n) is 1.13. The van der Waals surface area contributed by atoms with Gasteiger partial charge in [0.15, 0.2) is 0 Å². The van der Waals surface area contributed by atoms with Gasteiger partial charge in [0.1, 0.15) is 4.84 Å². The van der Waals surface area contributed by atoms with Crippen molar-refractivity contribution >= 4 is 23.2 Å². The molecule has 0 saturated carbocycles. The van der Waals surface area contributed by atoms with Crippen molar-refractivity contribution in [1.29, 1.82) is 0 Å². The monoisotopic (exact) mass is 216 g/mol. The molecule has 0 aliphatic heterocycles. The zero-order chi connectivity index (χ0) is 10.1. The third-order valence-electron chi connectivity index (χ3n) is 2.03. The molecule has 0 atom stereocenters. The van der Waals surface area contributed by atoms with Crippen LogP contribution in [0, 0.1) is 0 Å². The maximum absolute atomic E-state index is 5.74. The van der Waals surface area contributed by atoms with E-state index in [4.69, 9.17) is 23.2 Å². The van der Waals surface area contributed by atoms with Gasteiger partial charge in [0, 0.05) is 0 Å². The van der Waals surface area contributed by atoms with Crippen molar-refractivity contribution in [3.05, 3.63) is 35.4 Å². The zero-order valence-corrected chi connectivity index (χ0v) is 9.65. The molecule has 0 heterocycles. The van der Waals surface area contributed by atoms with Crippen LogP contribution < -0.4 is 0 Å². The molecule has 13 heavy (non-hydrogen) atoms. The van der Waals surface area contributed by atoms with E-state index in [-0.39, 0.29) is 5.41 Å². The Kier molecular flexibility index (Phi) is 3.26. The van der Waals surface area contributed by atoms with Crippen LogP contribution in [0.15, 0.2) is 24.3 Å². The lowest BCUT2D eigenvalue weighted by atomic mass is 9.87. The second-order valence-corrected chi connectivity index (χ2v) is 5.27. The van der Waals surface area contributed by atoms with E-state index in [1.54, 1.807) is 0 Å². The molecule has 0 aliphatic carbocycles. The van der Waals surface area contributed by atoms with Gasteiger partial charge in [0.25, 0.3) is 0 Å². The third kappa shape index (κ3) is 2.89. The summed E-state index contributed by atoms with van der Waals surface area (Å²) in [6, 6.07) is 8.11. The van der Waals surface area contributed by atoms with Gasteiger partial charge in [0.05, 0.1) is 0 Å². The normalized spacial score (nSPS) is 12.2. The molecule has 0 spiro atoms. The summed E-state index contributed by atoms with van der Waals surface area (Å²) in [5, 5.41) is 0. The molecule has 1 rings (SSSR count). The van der Waals surface area contributed by atoms with Crippen LogP contribution in [0.4, 0.5) is 0 Å². The van der Waals surface area contributed by atoms with E-state index in [2.05, 4.69) is 32.9 Å². The molecule has 0 saturated heterocycles. The second kappa shape index (κ2) is 3.89. The van der Waals surface area contributed by atoms with E-state index in [1.165, 1.54) is 5.56 Å². The van der Waals surface area contributed by atoms with Crippen LogP contribution in [0.2, 0.25) is 0 Å². The minimum Gasteiger partial charge on any atom is -0.100 e. The molecule has 72 valence electrons. The van der Waals surface area contributed by atoms with E-state index in [0.717, 1.165) is 5.56 Å². The molecule has 2 heteroatoms. The molecular weight excluding hydrogens is 203 g/mol. The lowest BCUT2D eigenvalue weighted by Gasteiger charge is -2.19. The SMILES string of the molecule is CC(C)(C)c1ccc(C(Cl)Cl)cc1. The number of halogens is 2. The Morgan fingerprint density at radius 3 is 1.77 bits per heavy atom. The Morgan fingerprint density at radius 1 is 1.00 bits per heavy atom. The molecule has 0 bridgehead atoms. The summed E-state index contributed by atoms with van der Waals surface area (Å²) in [6.45, 7) is 6.54. The first-order valence-electron chi connectivity index (χ1n) is 4.30. The fraction of sp³-hybridized carbons (Fsp3) is 0.455. The molecule has 0 amide bonds. The van der Waals surface area contributed by atoms with Crippen molar-refractivity contribution in [1.82, 2.24) is 0 Å². The molecule has 0 N–H and O–H groups in total. The van der Waals surface area contributed by atoms with Gasteiger partial charge >= 0.3 is 0 Å². The quantitative estimate of drug-likeness (QED) is 0.609. The Morgan fingerprint density at radius 2 is 1.46 bits per heavy atom. The topological polar surface area (TPSA) is 0 Å². The van der Waals surface area contributed by atoms with Gasteiger partial charge < -0.3 is 0 Å². The van der Waals surface area contributed by atoms with Crippen LogP contribution >= 0.6 is 23.2 Å². The first-order chi connectivity index (χ1) is 5.91. The minimum absolute atomic E-state index is 0.187. The predicted molar refractivity (Wildman–Crippen MR) is 59.6 cm³/mol. The number of rotatable bonds is 1. The molecule has 0 nitrogen and oxygen atoms in total. The number of hydrogen-bond donors (Lipinski definition) is 0. The van der Waals surface area contributed by atoms with E-state index in [9.17, 15) is 0 Å². The van der Waals surface area contributed by atoms with Gasteiger partial charge in [-0.05, 0) is 16.5 Å². The first-order valence-corrected chi connectivity index (χ1v) is 5.17. The zero-order valence-electron chi connectivity index (χ0n) is 8.14. The van der Waals surface area contributed by atoms with Crippen LogP contribution in [0.25, 0.3) is 0 Å². The predicted octanol–water partition coefficient (Wildman–Crippen LogP) is 4.46. The Bertz CT molecular complexity index is 267. The third-order valence-corrected chi connectivity index (χ3v) is 2.53. The smallest absolute Gasteiger partial charge is 0.100 e. The van der Waals surface area contributed by atoms with Gasteiger partial charge in [-0.15, -0.1) is 23.2 Å². The Balaban J connectivity index is 2.94. The van der Waals surface area contributed by atoms with E-state index < -0.39 is 4.84 Å². The average Bonchev–Trinajstić information content (AvgIpc) is 2.03. The van der Waals surface area contributed by atoms with E-state index >= 15 is 0 Å². The van der Waals surface area contributed by atoms with Crippen molar-refractivity contribution < 1.29 is 0 Å². The highest BCUT2D eigenvalue weighted by atomic mass is 35.5. The molecular formula is C11H14Cl2. The Hall–Kier alpha value is -0.200. The number of hydrogen-bond acceptors (Lipinski definition) is 0. The van der Waals surface area contributed by atoms with Gasteiger partial charge in [0.2, 0.25) is 0 Å². The van der Waals surface area contributed by atoms with Crippen molar-refractivity contribution in [2.45, 2.75) is 31.0 Å². The lowest BCUT2D eigenvalue weighted by Crippen LogP contribution is -2.10. The number of alkyl halides is 2. The maximum atomic E-state index is 5.74. The van der Waals surface area contributed by atoms with Gasteiger partial charge in [-0.2, -0.15) is 0 Å². The summed E-state index contributed by atoms with van der Waals surface area (Å²) >= 11 is 11.5. The molecule has 0 fully saturated rings. The largest absolute Gasteiger partial charge is 0.132 e. The van der Waals surface area contributed by atoms with Crippen LogP contribution in [0.1, 0.15) is 36.7 Å². The summed E-state index contributed by atoms with van der Waals surface area (Å²) in [6.07, 6.45) is 0. The highest BCUT2D eigenvalue weighted by Crippen LogP contribution is 2.28. The van der Waals surface area contributed by atoms with Gasteiger partial charge in [-0.1, -0.05) is 45.0 Å². The maximum Gasteiger partial charge on any atom is 0.132 e. The van der Waals surface area contributed by atoms with Gasteiger partial charge in [-0.3, -0.25) is 0 Å². The van der Waals surface area contributed by atoms with E-state index in [0.29, 0.717) is 0 Å². The van der Waals surface area contributed by atoms with E-state index in [1.807, 2.05) is 12.1 Å². The lowest BCUT2D eigenvalue weighted by molar-refractivity contribution is 0.590. The second-order valence-electron chi connectivity index (χ2n) is 4.17. The molecule has 0 radical (unpaired) electrons. The number of benzene rings is 1. The summed E-state index contributed by atoms with van der Waals surface area (Å²) in [4.78, 5) is -0.422. The van der Waals surface area contributed by atoms with Crippen molar-refractivity contribution in [2.75, 3.05) is 0 Å². The highest BCUT2D eigenvalue weighted by molar-refractivity contribution is 6.44. The molecule has 0 aromatic heterocycles. The van der Waals surface area contributed by atoms with Crippen molar-refractivity contribution in [2.24, 2.45) is 0 Å². The fourth-order valence-corrected chi connectivity index (χ4v) is 1.42. The Labute approximate surface area is 89.9 Å². The molecule has 0 aliphatic rings. The molecule has 1 aromatic carbocycles. The van der Waals surface area contributed by atoms with Crippen molar-refractivity contribution in [3.8, 4) is 0 Å². The van der Waals surface area contributed by atoms with Crippen LogP contribution in [-0.4, -0.2) is 0 Å². The van der Waals surface area contributed by atoms with Crippen molar-refractivity contribution in [3.63, 3.8) is 0 Å². The molecule has 0 unspecified atom stereocenters. The highest BCUT2D eigenvalue weighted by Gasteiger charge is 2.13. The minimum atomic E-state index is -0.422. The summed E-state index contributed by atoms with van der Waals surface area (Å²) in [5.74, 6) is 0. The van der Waals surface area contributed by atoms with Crippen LogP contribution in [-0.2, 0) is 5.41 Å². The van der Waals surface area contributed by atoms with Gasteiger partial charge in [-0.25, -0.2) is 0 Å². The summed E-state index contributed by atoms with van der Waals surface area (Å²) in [7, 11) is 0. The molecule has 1 aromatic rings. The summed E-state index contributed by atoms with van der Waals surface area (Å²) < 4.78 is 0. The summed E-state index contributed by atoms with van der Waals surface area (Å²) in [5.41, 5.74) is 2.44. The van der Waals surface area contributed by atoms with Crippen LogP contribution in [0.5, 0.6) is 0 Å². The van der Waals surface area contributed by atoms with Crippen LogP contribution in [0.3, 0.4) is 0 Å². The standard InChI is InChI=1S/C11H14Cl2/c1-11(2,3)9-6-4-8(5-7-9)10(12)13/h4-7,10H,1-3H3. The average molecular weight is 217 g/mol. The first kappa shape index (κ1) is 10.9.